The molecule has 0 aliphatic carbocycles. The minimum Gasteiger partial charge on any atom is -0.341 e. The summed E-state index contributed by atoms with van der Waals surface area (Å²) in [5, 5.41) is 7.75. The molecule has 2 aromatic rings. The van der Waals surface area contributed by atoms with Crippen molar-refractivity contribution in [2.45, 2.75) is 25.4 Å². The lowest BCUT2D eigenvalue weighted by Gasteiger charge is -2.34. The molecule has 2 heterocycles. The number of hydrogen-bond acceptors (Lipinski definition) is 4. The molecule has 7 heteroatoms. The lowest BCUT2D eigenvalue weighted by molar-refractivity contribution is -0.130. The maximum absolute atomic E-state index is 12.4. The number of rotatable bonds is 4. The molecule has 2 atom stereocenters. The summed E-state index contributed by atoms with van der Waals surface area (Å²) in [5.74, 6) is 2.44. The first-order valence-electron chi connectivity index (χ1n) is 8.10. The van der Waals surface area contributed by atoms with Crippen LogP contribution in [0.2, 0.25) is 0 Å². The van der Waals surface area contributed by atoms with E-state index in [4.69, 9.17) is 0 Å². The fourth-order valence-electron chi connectivity index (χ4n) is 3.13. The van der Waals surface area contributed by atoms with Gasteiger partial charge in [0.25, 0.3) is 0 Å². The van der Waals surface area contributed by atoms with E-state index >= 15 is 0 Å². The molecule has 5 nitrogen and oxygen atoms in total. The van der Waals surface area contributed by atoms with Gasteiger partial charge in [-0.15, -0.1) is 5.10 Å². The Morgan fingerprint density at radius 2 is 1.96 bits per heavy atom. The van der Waals surface area contributed by atoms with Crippen LogP contribution in [-0.2, 0) is 4.79 Å². The van der Waals surface area contributed by atoms with Crippen LogP contribution in [0.3, 0.4) is 0 Å². The molecule has 0 unspecified atom stereocenters. The van der Waals surface area contributed by atoms with E-state index in [0.29, 0.717) is 22.7 Å². The molecule has 1 aromatic carbocycles. The van der Waals surface area contributed by atoms with E-state index < -0.39 is 0 Å². The van der Waals surface area contributed by atoms with Crippen molar-refractivity contribution in [1.29, 1.82) is 0 Å². The fraction of sp³-hybridized carbons (Fsp3) is 0.471. The van der Waals surface area contributed by atoms with Crippen LogP contribution >= 0.6 is 27.7 Å². The van der Waals surface area contributed by atoms with Crippen molar-refractivity contribution in [2.75, 3.05) is 18.8 Å². The maximum atomic E-state index is 12.4. The lowest BCUT2D eigenvalue weighted by Crippen LogP contribution is -2.43. The molecule has 0 spiro atoms. The van der Waals surface area contributed by atoms with Gasteiger partial charge in [0.05, 0.1) is 5.75 Å². The van der Waals surface area contributed by atoms with E-state index in [-0.39, 0.29) is 5.91 Å². The van der Waals surface area contributed by atoms with E-state index in [2.05, 4.69) is 45.0 Å². The normalized spacial score (nSPS) is 21.0. The number of thioether (sulfide) groups is 1. The number of carbonyl (C=O) groups excluding carboxylic acids is 1. The van der Waals surface area contributed by atoms with Gasteiger partial charge in [0, 0.05) is 23.1 Å². The number of amides is 1. The van der Waals surface area contributed by atoms with Crippen LogP contribution in [-0.4, -0.2) is 44.8 Å². The van der Waals surface area contributed by atoms with Gasteiger partial charge in [-0.25, -0.2) is 4.98 Å². The molecule has 0 radical (unpaired) electrons. The van der Waals surface area contributed by atoms with E-state index in [0.717, 1.165) is 29.0 Å². The second kappa shape index (κ2) is 7.70. The van der Waals surface area contributed by atoms with Crippen molar-refractivity contribution in [1.82, 2.24) is 20.1 Å². The van der Waals surface area contributed by atoms with E-state index in [1.165, 1.54) is 18.2 Å². The van der Waals surface area contributed by atoms with Crippen molar-refractivity contribution in [2.24, 2.45) is 11.8 Å². The Balaban J connectivity index is 1.57. The lowest BCUT2D eigenvalue weighted by atomic mass is 9.92. The van der Waals surface area contributed by atoms with Crippen molar-refractivity contribution < 1.29 is 4.79 Å². The summed E-state index contributed by atoms with van der Waals surface area (Å²) in [6.07, 6.45) is 1.20. The average molecular weight is 409 g/mol. The number of benzene rings is 1. The largest absolute Gasteiger partial charge is 0.341 e. The molecule has 0 bridgehead atoms. The van der Waals surface area contributed by atoms with Gasteiger partial charge in [0.15, 0.2) is 5.82 Å². The van der Waals surface area contributed by atoms with Crippen molar-refractivity contribution in [3.63, 3.8) is 0 Å². The third-order valence-electron chi connectivity index (χ3n) is 4.13. The highest BCUT2D eigenvalue weighted by Gasteiger charge is 2.25. The molecule has 1 aromatic heterocycles. The summed E-state index contributed by atoms with van der Waals surface area (Å²) in [6.45, 7) is 6.15. The topological polar surface area (TPSA) is 61.9 Å². The number of piperidine rings is 1. The predicted octanol–water partition coefficient (Wildman–Crippen LogP) is 3.83. The van der Waals surface area contributed by atoms with Crippen LogP contribution in [0.4, 0.5) is 0 Å². The minimum atomic E-state index is 0.174. The number of aromatic amines is 1. The number of nitrogens with zero attached hydrogens (tertiary/aromatic N) is 3. The third-order valence-corrected chi connectivity index (χ3v) is 5.49. The SMILES string of the molecule is C[C@@H]1C[C@H](C)CN(C(=O)CSc2n[nH]c(-c3ccc(Br)cc3)n2)C1. The molecule has 1 amide bonds. The second-order valence-electron chi connectivity index (χ2n) is 6.51. The molecule has 0 saturated carbocycles. The van der Waals surface area contributed by atoms with Crippen molar-refractivity contribution in [3.05, 3.63) is 28.7 Å². The fourth-order valence-corrected chi connectivity index (χ4v) is 4.10. The Morgan fingerprint density at radius 1 is 1.29 bits per heavy atom. The zero-order valence-corrected chi connectivity index (χ0v) is 16.2. The summed E-state index contributed by atoms with van der Waals surface area (Å²) in [6, 6.07) is 7.88. The van der Waals surface area contributed by atoms with E-state index in [1.54, 1.807) is 0 Å². The number of carbonyl (C=O) groups is 1. The van der Waals surface area contributed by atoms with Crippen molar-refractivity contribution >= 4 is 33.6 Å². The molecular formula is C17H21BrN4OS. The van der Waals surface area contributed by atoms with Gasteiger partial charge in [-0.3, -0.25) is 9.89 Å². The van der Waals surface area contributed by atoms with Gasteiger partial charge >= 0.3 is 0 Å². The Bertz CT molecular complexity index is 693. The van der Waals surface area contributed by atoms with Crippen LogP contribution in [0.5, 0.6) is 0 Å². The quantitative estimate of drug-likeness (QED) is 0.780. The zero-order valence-electron chi connectivity index (χ0n) is 13.8. The summed E-state index contributed by atoms with van der Waals surface area (Å²) >= 11 is 4.81. The van der Waals surface area contributed by atoms with Gasteiger partial charge in [-0.2, -0.15) is 0 Å². The maximum Gasteiger partial charge on any atom is 0.233 e. The minimum absolute atomic E-state index is 0.174. The Hall–Kier alpha value is -1.34. The second-order valence-corrected chi connectivity index (χ2v) is 8.37. The number of halogens is 1. The Kier molecular flexibility index (Phi) is 5.61. The molecule has 1 fully saturated rings. The standard InChI is InChI=1S/C17H21BrN4OS/c1-11-7-12(2)9-22(8-11)15(23)10-24-17-19-16(20-21-17)13-3-5-14(18)6-4-13/h3-6,11-12H,7-10H2,1-2H3,(H,19,20,21)/t11-,12+. The number of hydrogen-bond donors (Lipinski definition) is 1. The van der Waals surface area contributed by atoms with E-state index in [1.807, 2.05) is 29.2 Å². The molecule has 128 valence electrons. The van der Waals surface area contributed by atoms with Crippen LogP contribution in [0.25, 0.3) is 11.4 Å². The first kappa shape index (κ1) is 17.5. The molecule has 1 aliphatic heterocycles. The van der Waals surface area contributed by atoms with Gasteiger partial charge in [-0.1, -0.05) is 53.7 Å². The first-order valence-corrected chi connectivity index (χ1v) is 9.88. The zero-order chi connectivity index (χ0) is 17.1. The average Bonchev–Trinajstić information content (AvgIpc) is 3.01. The monoisotopic (exact) mass is 408 g/mol. The highest BCUT2D eigenvalue weighted by Crippen LogP contribution is 2.24. The van der Waals surface area contributed by atoms with Gasteiger partial charge in [0.1, 0.15) is 0 Å². The van der Waals surface area contributed by atoms with Gasteiger partial charge < -0.3 is 4.90 Å². The number of H-pyrrole nitrogens is 1. The number of nitrogens with one attached hydrogen (secondary N) is 1. The predicted molar refractivity (Wildman–Crippen MR) is 99.8 cm³/mol. The van der Waals surface area contributed by atoms with Gasteiger partial charge in [0.2, 0.25) is 11.1 Å². The number of aromatic nitrogens is 3. The molecule has 3 rings (SSSR count). The van der Waals surface area contributed by atoms with Crippen LogP contribution < -0.4 is 0 Å². The molecule has 1 saturated heterocycles. The van der Waals surface area contributed by atoms with Crippen LogP contribution in [0.15, 0.2) is 33.9 Å². The van der Waals surface area contributed by atoms with Crippen LogP contribution in [0, 0.1) is 11.8 Å². The summed E-state index contributed by atoms with van der Waals surface area (Å²) in [7, 11) is 0. The third kappa shape index (κ3) is 4.39. The molecular weight excluding hydrogens is 388 g/mol. The molecule has 1 aliphatic rings. The Labute approximate surface area is 154 Å². The smallest absolute Gasteiger partial charge is 0.233 e. The number of likely N-dealkylation sites (tertiary alicyclic amines) is 1. The van der Waals surface area contributed by atoms with Gasteiger partial charge in [-0.05, 0) is 30.4 Å². The molecule has 1 N–H and O–H groups in total. The summed E-state index contributed by atoms with van der Waals surface area (Å²) in [4.78, 5) is 18.9. The summed E-state index contributed by atoms with van der Waals surface area (Å²) in [5.41, 5.74) is 0.975. The first-order chi connectivity index (χ1) is 11.5. The van der Waals surface area contributed by atoms with Crippen molar-refractivity contribution in [3.8, 4) is 11.4 Å². The van der Waals surface area contributed by atoms with Crippen LogP contribution in [0.1, 0.15) is 20.3 Å². The highest BCUT2D eigenvalue weighted by molar-refractivity contribution is 9.10. The summed E-state index contributed by atoms with van der Waals surface area (Å²) < 4.78 is 1.02. The highest BCUT2D eigenvalue weighted by atomic mass is 79.9. The molecule has 24 heavy (non-hydrogen) atoms. The van der Waals surface area contributed by atoms with E-state index in [9.17, 15) is 4.79 Å². The Morgan fingerprint density at radius 3 is 2.62 bits per heavy atom.